The minimum Gasteiger partial charge on any atom is -0.267 e. The number of nitrogens with zero attached hydrogens (tertiary/aromatic N) is 1. The Morgan fingerprint density at radius 1 is 1.53 bits per heavy atom. The first-order chi connectivity index (χ1) is 7.09. The summed E-state index contributed by atoms with van der Waals surface area (Å²) in [5.74, 6) is -0.584. The molecule has 0 aliphatic rings. The van der Waals surface area contributed by atoms with Gasteiger partial charge in [0.25, 0.3) is 5.91 Å². The van der Waals surface area contributed by atoms with Crippen LogP contribution in [0.25, 0.3) is 0 Å². The lowest BCUT2D eigenvalue weighted by Gasteiger charge is -2.00. The molecular formula is C11H13FN2O. The number of benzene rings is 1. The second-order valence-electron chi connectivity index (χ2n) is 3.47. The van der Waals surface area contributed by atoms with Gasteiger partial charge < -0.3 is 0 Å². The molecule has 1 aromatic carbocycles. The van der Waals surface area contributed by atoms with E-state index in [1.54, 1.807) is 6.21 Å². The molecule has 4 heteroatoms. The summed E-state index contributed by atoms with van der Waals surface area (Å²) < 4.78 is 12.8. The molecule has 0 spiro atoms. The van der Waals surface area contributed by atoms with Crippen LogP contribution in [0.4, 0.5) is 4.39 Å². The number of halogens is 1. The summed E-state index contributed by atoms with van der Waals surface area (Å²) in [6, 6.07) is 5.47. The van der Waals surface area contributed by atoms with Gasteiger partial charge in [-0.3, -0.25) is 4.79 Å². The van der Waals surface area contributed by atoms with Crippen molar-refractivity contribution in [1.29, 1.82) is 0 Å². The maximum atomic E-state index is 12.8. The molecule has 1 N–H and O–H groups in total. The van der Waals surface area contributed by atoms with Gasteiger partial charge in [-0.2, -0.15) is 5.10 Å². The predicted octanol–water partition coefficient (Wildman–Crippen LogP) is 2.20. The molecule has 0 fully saturated rings. The third-order valence-corrected chi connectivity index (χ3v) is 1.63. The molecule has 0 unspecified atom stereocenters. The van der Waals surface area contributed by atoms with E-state index >= 15 is 0 Å². The quantitative estimate of drug-likeness (QED) is 0.600. The summed E-state index contributed by atoms with van der Waals surface area (Å²) in [5, 5.41) is 3.73. The molecule has 0 bridgehead atoms. The molecule has 1 rings (SSSR count). The fourth-order valence-corrected chi connectivity index (χ4v) is 0.939. The highest BCUT2D eigenvalue weighted by molar-refractivity contribution is 5.94. The van der Waals surface area contributed by atoms with Crippen molar-refractivity contribution in [2.45, 2.75) is 13.8 Å². The smallest absolute Gasteiger partial charge is 0.267 e. The zero-order chi connectivity index (χ0) is 11.3. The molecule has 1 aromatic rings. The number of carbonyl (C=O) groups excluding carboxylic acids is 1. The average molecular weight is 208 g/mol. The van der Waals surface area contributed by atoms with E-state index in [4.69, 9.17) is 0 Å². The molecule has 0 heterocycles. The van der Waals surface area contributed by atoms with Gasteiger partial charge in [0, 0.05) is 11.8 Å². The van der Waals surface area contributed by atoms with Gasteiger partial charge in [0.1, 0.15) is 5.82 Å². The van der Waals surface area contributed by atoms with Crippen LogP contribution in [0.3, 0.4) is 0 Å². The molecule has 0 saturated heterocycles. The number of hydrogen-bond acceptors (Lipinski definition) is 2. The van der Waals surface area contributed by atoms with Gasteiger partial charge in [-0.25, -0.2) is 9.82 Å². The van der Waals surface area contributed by atoms with E-state index in [0.717, 1.165) is 0 Å². The monoisotopic (exact) mass is 208 g/mol. The standard InChI is InChI=1S/C11H13FN2O/c1-8(2)7-13-14-11(15)9-4-3-5-10(12)6-9/h3-8H,1-2H3,(H,14,15)/b13-7+. The summed E-state index contributed by atoms with van der Waals surface area (Å²) >= 11 is 0. The lowest BCUT2D eigenvalue weighted by Crippen LogP contribution is -2.18. The minimum absolute atomic E-state index is 0.260. The van der Waals surface area contributed by atoms with Crippen molar-refractivity contribution in [3.8, 4) is 0 Å². The van der Waals surface area contributed by atoms with Gasteiger partial charge in [0.2, 0.25) is 0 Å². The van der Waals surface area contributed by atoms with Crippen LogP contribution in [0.15, 0.2) is 29.4 Å². The van der Waals surface area contributed by atoms with Crippen LogP contribution in [0.1, 0.15) is 24.2 Å². The molecule has 0 atom stereocenters. The fourth-order valence-electron chi connectivity index (χ4n) is 0.939. The van der Waals surface area contributed by atoms with Crippen molar-refractivity contribution in [3.63, 3.8) is 0 Å². The summed E-state index contributed by atoms with van der Waals surface area (Å²) in [4.78, 5) is 11.4. The first-order valence-corrected chi connectivity index (χ1v) is 4.68. The van der Waals surface area contributed by atoms with E-state index in [1.807, 2.05) is 13.8 Å². The Morgan fingerprint density at radius 2 is 2.27 bits per heavy atom. The minimum atomic E-state index is -0.435. The first-order valence-electron chi connectivity index (χ1n) is 4.68. The third kappa shape index (κ3) is 3.89. The lowest BCUT2D eigenvalue weighted by molar-refractivity contribution is 0.0954. The second kappa shape index (κ2) is 5.24. The number of nitrogens with one attached hydrogen (secondary N) is 1. The zero-order valence-corrected chi connectivity index (χ0v) is 8.70. The van der Waals surface area contributed by atoms with Crippen molar-refractivity contribution in [1.82, 2.24) is 5.43 Å². The second-order valence-corrected chi connectivity index (χ2v) is 3.47. The van der Waals surface area contributed by atoms with E-state index in [0.29, 0.717) is 0 Å². The maximum absolute atomic E-state index is 12.8. The molecule has 3 nitrogen and oxygen atoms in total. The highest BCUT2D eigenvalue weighted by Gasteiger charge is 2.04. The molecular weight excluding hydrogens is 195 g/mol. The number of carbonyl (C=O) groups is 1. The molecule has 0 aromatic heterocycles. The van der Waals surface area contributed by atoms with Crippen molar-refractivity contribution in [2.75, 3.05) is 0 Å². The Labute approximate surface area is 88.0 Å². The summed E-state index contributed by atoms with van der Waals surface area (Å²) in [7, 11) is 0. The number of rotatable bonds is 3. The molecule has 0 aliphatic heterocycles. The molecule has 0 radical (unpaired) electrons. The van der Waals surface area contributed by atoms with Crippen molar-refractivity contribution in [2.24, 2.45) is 11.0 Å². The predicted molar refractivity (Wildman–Crippen MR) is 57.2 cm³/mol. The van der Waals surface area contributed by atoms with Crippen molar-refractivity contribution in [3.05, 3.63) is 35.6 Å². The Morgan fingerprint density at radius 3 is 2.87 bits per heavy atom. The van der Waals surface area contributed by atoms with Gasteiger partial charge in [-0.15, -0.1) is 0 Å². The highest BCUT2D eigenvalue weighted by Crippen LogP contribution is 2.02. The molecule has 0 aliphatic carbocycles. The molecule has 1 amide bonds. The maximum Gasteiger partial charge on any atom is 0.271 e. The van der Waals surface area contributed by atoms with Crippen LogP contribution < -0.4 is 5.43 Å². The Hall–Kier alpha value is -1.71. The number of hydrazone groups is 1. The van der Waals surface area contributed by atoms with Crippen molar-refractivity contribution >= 4 is 12.1 Å². The largest absolute Gasteiger partial charge is 0.271 e. The van der Waals surface area contributed by atoms with E-state index in [2.05, 4.69) is 10.5 Å². The van der Waals surface area contributed by atoms with Crippen LogP contribution in [0.5, 0.6) is 0 Å². The summed E-state index contributed by atoms with van der Waals surface area (Å²) in [6.45, 7) is 3.88. The Balaban J connectivity index is 2.62. The Kier molecular flexibility index (Phi) is 3.97. The van der Waals surface area contributed by atoms with Gasteiger partial charge in [0.15, 0.2) is 0 Å². The van der Waals surface area contributed by atoms with Gasteiger partial charge in [-0.1, -0.05) is 19.9 Å². The zero-order valence-electron chi connectivity index (χ0n) is 8.70. The van der Waals surface area contributed by atoms with Crippen LogP contribution >= 0.6 is 0 Å². The topological polar surface area (TPSA) is 41.5 Å². The van der Waals surface area contributed by atoms with Crippen LogP contribution in [-0.2, 0) is 0 Å². The normalized spacial score (nSPS) is 10.9. The van der Waals surface area contributed by atoms with E-state index < -0.39 is 11.7 Å². The molecule has 80 valence electrons. The third-order valence-electron chi connectivity index (χ3n) is 1.63. The first kappa shape index (κ1) is 11.4. The van der Waals surface area contributed by atoms with Crippen LogP contribution in [0, 0.1) is 11.7 Å². The van der Waals surface area contributed by atoms with Crippen LogP contribution in [0.2, 0.25) is 0 Å². The highest BCUT2D eigenvalue weighted by atomic mass is 19.1. The summed E-state index contributed by atoms with van der Waals surface area (Å²) in [6.07, 6.45) is 1.61. The number of hydrogen-bond donors (Lipinski definition) is 1. The number of amides is 1. The fraction of sp³-hybridized carbons (Fsp3) is 0.273. The van der Waals surface area contributed by atoms with E-state index in [-0.39, 0.29) is 11.5 Å². The molecule has 0 saturated carbocycles. The van der Waals surface area contributed by atoms with Gasteiger partial charge in [-0.05, 0) is 24.1 Å². The van der Waals surface area contributed by atoms with Crippen molar-refractivity contribution < 1.29 is 9.18 Å². The molecule has 15 heavy (non-hydrogen) atoms. The van der Waals surface area contributed by atoms with Gasteiger partial charge in [0.05, 0.1) is 0 Å². The van der Waals surface area contributed by atoms with E-state index in [9.17, 15) is 9.18 Å². The summed E-state index contributed by atoms with van der Waals surface area (Å²) in [5.41, 5.74) is 2.58. The average Bonchev–Trinajstić information content (AvgIpc) is 2.17. The van der Waals surface area contributed by atoms with E-state index in [1.165, 1.54) is 24.3 Å². The Bertz CT molecular complexity index is 375. The van der Waals surface area contributed by atoms with Crippen LogP contribution in [-0.4, -0.2) is 12.1 Å². The van der Waals surface area contributed by atoms with Gasteiger partial charge >= 0.3 is 0 Å². The lowest BCUT2D eigenvalue weighted by atomic mass is 10.2. The SMILES string of the molecule is CC(C)/C=N/NC(=O)c1cccc(F)c1.